The Balaban J connectivity index is 2.95. The van der Waals surface area contributed by atoms with Crippen molar-refractivity contribution >= 4 is 31.6 Å². The third kappa shape index (κ3) is 2.86. The van der Waals surface area contributed by atoms with Crippen molar-refractivity contribution in [3.63, 3.8) is 0 Å². The molecule has 1 aromatic rings. The molecule has 0 unspecified atom stereocenters. The van der Waals surface area contributed by atoms with E-state index in [0.29, 0.717) is 0 Å². The van der Waals surface area contributed by atoms with Crippen molar-refractivity contribution in [3.05, 3.63) is 18.3 Å². The van der Waals surface area contributed by atoms with Crippen LogP contribution in [-0.4, -0.2) is 24.6 Å². The maximum absolute atomic E-state index is 10.8. The van der Waals surface area contributed by atoms with Crippen molar-refractivity contribution in [3.8, 4) is 0 Å². The van der Waals surface area contributed by atoms with Crippen LogP contribution in [0, 0.1) is 0 Å². The second-order valence-electron chi connectivity index (χ2n) is 2.25. The predicted octanol–water partition coefficient (Wildman–Crippen LogP) is 1.10. The molecular weight excluding hydrogens is 232 g/mol. The molecule has 1 rings (SSSR count). The summed E-state index contributed by atoms with van der Waals surface area (Å²) in [6.45, 7) is 0. The fourth-order valence-electron chi connectivity index (χ4n) is 0.708. The quantitative estimate of drug-likeness (QED) is 0.750. The van der Waals surface area contributed by atoms with Gasteiger partial charge in [-0.15, -0.1) is 0 Å². The number of carbonyl (C=O) groups is 1. The molecule has 0 saturated heterocycles. The molecule has 14 heavy (non-hydrogen) atoms. The summed E-state index contributed by atoms with van der Waals surface area (Å²) in [5.41, 5.74) is 0. The van der Waals surface area contributed by atoms with Gasteiger partial charge in [0.15, 0.2) is 0 Å². The zero-order valence-electron chi connectivity index (χ0n) is 6.64. The number of rotatable bonds is 2. The average molecular weight is 237 g/mol. The fourth-order valence-corrected chi connectivity index (χ4v) is 1.39. The van der Waals surface area contributed by atoms with E-state index in [4.69, 9.17) is 15.8 Å². The van der Waals surface area contributed by atoms with Crippen molar-refractivity contribution in [1.29, 1.82) is 0 Å². The lowest BCUT2D eigenvalue weighted by molar-refractivity contribution is 0.209. The lowest BCUT2D eigenvalue weighted by atomic mass is 10.5. The Labute approximate surface area is 84.0 Å². The number of anilines is 1. The van der Waals surface area contributed by atoms with Crippen molar-refractivity contribution in [1.82, 2.24) is 4.98 Å². The molecule has 0 atom stereocenters. The summed E-state index contributed by atoms with van der Waals surface area (Å²) in [5.74, 6) is 0.0292. The van der Waals surface area contributed by atoms with Gasteiger partial charge in [-0.2, -0.15) is 0 Å². The van der Waals surface area contributed by atoms with Gasteiger partial charge in [0.05, 0.1) is 0 Å². The molecule has 8 heteroatoms. The Bertz CT molecular complexity index is 441. The molecule has 76 valence electrons. The van der Waals surface area contributed by atoms with Crippen LogP contribution in [0.25, 0.3) is 0 Å². The lowest BCUT2D eigenvalue weighted by Crippen LogP contribution is -2.08. The van der Waals surface area contributed by atoms with Gasteiger partial charge in [-0.1, -0.05) is 0 Å². The molecule has 0 spiro atoms. The van der Waals surface area contributed by atoms with Crippen molar-refractivity contribution in [2.75, 3.05) is 5.32 Å². The molecule has 1 heterocycles. The van der Waals surface area contributed by atoms with Crippen LogP contribution in [0.2, 0.25) is 0 Å². The topological polar surface area (TPSA) is 96.4 Å². The number of hydrogen-bond donors (Lipinski definition) is 2. The van der Waals surface area contributed by atoms with Crippen molar-refractivity contribution in [2.45, 2.75) is 4.90 Å². The highest BCUT2D eigenvalue weighted by Gasteiger charge is 2.10. The molecule has 0 fully saturated rings. The number of nitrogens with zero attached hydrogens (tertiary/aromatic N) is 1. The number of nitrogens with one attached hydrogen (secondary N) is 1. The second-order valence-corrected chi connectivity index (χ2v) is 4.81. The van der Waals surface area contributed by atoms with E-state index in [9.17, 15) is 13.2 Å². The molecule has 0 saturated carbocycles. The van der Waals surface area contributed by atoms with E-state index < -0.39 is 15.1 Å². The summed E-state index contributed by atoms with van der Waals surface area (Å²) < 4.78 is 21.5. The van der Waals surface area contributed by atoms with Gasteiger partial charge in [-0.25, -0.2) is 18.2 Å². The molecular formula is C6H5ClN2O4S. The van der Waals surface area contributed by atoms with Crippen LogP contribution in [0.4, 0.5) is 10.6 Å². The lowest BCUT2D eigenvalue weighted by Gasteiger charge is -1.99. The van der Waals surface area contributed by atoms with Gasteiger partial charge < -0.3 is 5.11 Å². The molecule has 2 N–H and O–H groups in total. The number of amides is 1. The standard InChI is InChI=1S/C6H5ClN2O4S/c7-14(12,13)4-1-2-5(8-3-4)9-6(10)11/h1-3H,(H,8,9)(H,10,11). The summed E-state index contributed by atoms with van der Waals surface area (Å²) in [6, 6.07) is 2.35. The summed E-state index contributed by atoms with van der Waals surface area (Å²) in [5, 5.41) is 10.3. The maximum atomic E-state index is 10.8. The van der Waals surface area contributed by atoms with Gasteiger partial charge in [0, 0.05) is 16.9 Å². The highest BCUT2D eigenvalue weighted by Crippen LogP contribution is 2.14. The summed E-state index contributed by atoms with van der Waals surface area (Å²) in [6.07, 6.45) is -0.313. The van der Waals surface area contributed by atoms with E-state index in [-0.39, 0.29) is 10.7 Å². The smallest absolute Gasteiger partial charge is 0.410 e. The minimum absolute atomic E-state index is 0.0292. The van der Waals surface area contributed by atoms with Gasteiger partial charge >= 0.3 is 6.09 Å². The van der Waals surface area contributed by atoms with E-state index >= 15 is 0 Å². The Morgan fingerprint density at radius 3 is 2.50 bits per heavy atom. The Hall–Kier alpha value is -1.34. The minimum atomic E-state index is -3.81. The van der Waals surface area contributed by atoms with Gasteiger partial charge in [-0.05, 0) is 12.1 Å². The third-order valence-corrected chi connectivity index (χ3v) is 2.59. The van der Waals surface area contributed by atoms with Gasteiger partial charge in [0.2, 0.25) is 0 Å². The van der Waals surface area contributed by atoms with E-state index in [1.54, 1.807) is 0 Å². The van der Waals surface area contributed by atoms with Crippen LogP contribution in [0.3, 0.4) is 0 Å². The number of carboxylic acid groups (broad SMARTS) is 1. The Morgan fingerprint density at radius 1 is 1.50 bits per heavy atom. The number of pyridine rings is 1. The maximum Gasteiger partial charge on any atom is 0.410 e. The van der Waals surface area contributed by atoms with Crippen molar-refractivity contribution < 1.29 is 18.3 Å². The monoisotopic (exact) mass is 236 g/mol. The highest BCUT2D eigenvalue weighted by molar-refractivity contribution is 8.13. The first kappa shape index (κ1) is 10.7. The Kier molecular flexibility index (Phi) is 2.92. The fraction of sp³-hybridized carbons (Fsp3) is 0. The molecule has 0 aliphatic heterocycles. The average Bonchev–Trinajstić information content (AvgIpc) is 2.02. The number of halogens is 1. The van der Waals surface area contributed by atoms with E-state index in [0.717, 1.165) is 12.3 Å². The zero-order chi connectivity index (χ0) is 10.8. The third-order valence-electron chi connectivity index (χ3n) is 1.25. The minimum Gasteiger partial charge on any atom is -0.465 e. The molecule has 1 aromatic heterocycles. The first-order valence-corrected chi connectivity index (χ1v) is 5.61. The molecule has 0 aromatic carbocycles. The van der Waals surface area contributed by atoms with Crippen molar-refractivity contribution in [2.24, 2.45) is 0 Å². The van der Waals surface area contributed by atoms with E-state index in [1.165, 1.54) is 6.07 Å². The highest BCUT2D eigenvalue weighted by atomic mass is 35.7. The van der Waals surface area contributed by atoms with Gasteiger partial charge in [0.25, 0.3) is 9.05 Å². The molecule has 1 amide bonds. The predicted molar refractivity (Wildman–Crippen MR) is 48.9 cm³/mol. The van der Waals surface area contributed by atoms with E-state index in [2.05, 4.69) is 4.98 Å². The van der Waals surface area contributed by atoms with Crippen LogP contribution < -0.4 is 5.32 Å². The normalized spacial score (nSPS) is 10.9. The molecule has 0 radical (unpaired) electrons. The number of aromatic nitrogens is 1. The van der Waals surface area contributed by atoms with Gasteiger partial charge in [-0.3, -0.25) is 5.32 Å². The first-order valence-electron chi connectivity index (χ1n) is 3.30. The van der Waals surface area contributed by atoms with Crippen LogP contribution >= 0.6 is 10.7 Å². The second kappa shape index (κ2) is 3.81. The molecule has 6 nitrogen and oxygen atoms in total. The first-order chi connectivity index (χ1) is 6.39. The largest absolute Gasteiger partial charge is 0.465 e. The van der Waals surface area contributed by atoms with Gasteiger partial charge in [0.1, 0.15) is 10.7 Å². The number of hydrogen-bond acceptors (Lipinski definition) is 4. The Morgan fingerprint density at radius 2 is 2.14 bits per heavy atom. The zero-order valence-corrected chi connectivity index (χ0v) is 8.21. The molecule has 0 aliphatic rings. The summed E-state index contributed by atoms with van der Waals surface area (Å²) >= 11 is 0. The molecule has 0 aliphatic carbocycles. The van der Waals surface area contributed by atoms with Crippen LogP contribution in [-0.2, 0) is 9.05 Å². The van der Waals surface area contributed by atoms with E-state index in [1.807, 2.05) is 5.32 Å². The van der Waals surface area contributed by atoms with Crippen LogP contribution in [0.1, 0.15) is 0 Å². The summed E-state index contributed by atoms with van der Waals surface area (Å²) in [7, 11) is 1.20. The van der Waals surface area contributed by atoms with Crippen LogP contribution in [0.5, 0.6) is 0 Å². The van der Waals surface area contributed by atoms with Crippen LogP contribution in [0.15, 0.2) is 23.2 Å². The molecule has 0 bridgehead atoms. The summed E-state index contributed by atoms with van der Waals surface area (Å²) in [4.78, 5) is 13.5. The SMILES string of the molecule is O=C(O)Nc1ccc(S(=O)(=O)Cl)cn1.